The second-order valence-corrected chi connectivity index (χ2v) is 3.52. The second kappa shape index (κ2) is 4.78. The molecule has 1 atom stereocenters. The second-order valence-electron chi connectivity index (χ2n) is 3.52. The highest BCUT2D eigenvalue weighted by Gasteiger charge is 2.35. The first-order valence-corrected chi connectivity index (χ1v) is 4.77. The molecule has 1 heterocycles. The van der Waals surface area contributed by atoms with E-state index in [0.29, 0.717) is 6.54 Å². The Hall–Kier alpha value is -0.570. The fourth-order valence-electron chi connectivity index (χ4n) is 1.95. The van der Waals surface area contributed by atoms with Crippen LogP contribution in [0.1, 0.15) is 18.4 Å². The van der Waals surface area contributed by atoms with Gasteiger partial charge in [0.1, 0.15) is 5.60 Å². The zero-order chi connectivity index (χ0) is 9.15. The molecule has 1 aromatic carbocycles. The predicted octanol–water partition coefficient (Wildman–Crippen LogP) is 2.07. The third kappa shape index (κ3) is 1.92. The topological polar surface area (TPSA) is 35.2 Å². The van der Waals surface area contributed by atoms with E-state index in [9.17, 15) is 0 Å². The molecule has 1 unspecified atom stereocenters. The standard InChI is InChI=1S/C11H15NO.ClH/c12-9-11(7-4-8-13-11)10-5-2-1-3-6-10;/h1-3,5-6H,4,7-9,12H2;1H. The average molecular weight is 214 g/mol. The van der Waals surface area contributed by atoms with Crippen LogP contribution in [0, 0.1) is 0 Å². The summed E-state index contributed by atoms with van der Waals surface area (Å²) < 4.78 is 5.75. The van der Waals surface area contributed by atoms with Crippen LogP contribution in [0.15, 0.2) is 30.3 Å². The molecule has 2 rings (SSSR count). The highest BCUT2D eigenvalue weighted by molar-refractivity contribution is 5.85. The first kappa shape index (κ1) is 11.5. The number of ether oxygens (including phenoxy) is 1. The summed E-state index contributed by atoms with van der Waals surface area (Å²) in [7, 11) is 0. The van der Waals surface area contributed by atoms with Gasteiger partial charge in [0, 0.05) is 13.2 Å². The Kier molecular flexibility index (Phi) is 3.93. The van der Waals surface area contributed by atoms with Crippen LogP contribution in [-0.2, 0) is 10.3 Å². The molecule has 1 saturated heterocycles. The van der Waals surface area contributed by atoms with Crippen LogP contribution >= 0.6 is 12.4 Å². The van der Waals surface area contributed by atoms with Crippen molar-refractivity contribution in [2.24, 2.45) is 5.73 Å². The van der Waals surface area contributed by atoms with Crippen LogP contribution in [0.2, 0.25) is 0 Å². The SMILES string of the molecule is Cl.NCC1(c2ccccc2)CCCO1. The van der Waals surface area contributed by atoms with Gasteiger partial charge in [0.15, 0.2) is 0 Å². The van der Waals surface area contributed by atoms with Crippen LogP contribution < -0.4 is 5.73 Å². The van der Waals surface area contributed by atoms with Gasteiger partial charge in [-0.1, -0.05) is 30.3 Å². The van der Waals surface area contributed by atoms with E-state index < -0.39 is 0 Å². The molecular formula is C11H16ClNO. The van der Waals surface area contributed by atoms with Crippen molar-refractivity contribution >= 4 is 12.4 Å². The summed E-state index contributed by atoms with van der Waals surface area (Å²) in [5.41, 5.74) is 6.80. The number of rotatable bonds is 2. The van der Waals surface area contributed by atoms with Crippen molar-refractivity contribution in [3.05, 3.63) is 35.9 Å². The Labute approximate surface area is 90.9 Å². The van der Waals surface area contributed by atoms with Crippen molar-refractivity contribution in [3.63, 3.8) is 0 Å². The number of hydrogen-bond donors (Lipinski definition) is 1. The highest BCUT2D eigenvalue weighted by Crippen LogP contribution is 2.34. The van der Waals surface area contributed by atoms with Crippen molar-refractivity contribution in [3.8, 4) is 0 Å². The summed E-state index contributed by atoms with van der Waals surface area (Å²) in [6.45, 7) is 1.42. The molecule has 2 N–H and O–H groups in total. The Morgan fingerprint density at radius 3 is 2.50 bits per heavy atom. The fourth-order valence-corrected chi connectivity index (χ4v) is 1.95. The van der Waals surface area contributed by atoms with E-state index in [4.69, 9.17) is 10.5 Å². The molecule has 2 nitrogen and oxygen atoms in total. The quantitative estimate of drug-likeness (QED) is 0.817. The molecule has 14 heavy (non-hydrogen) atoms. The summed E-state index contributed by atoms with van der Waals surface area (Å²) in [5, 5.41) is 0. The fraction of sp³-hybridized carbons (Fsp3) is 0.455. The van der Waals surface area contributed by atoms with Gasteiger partial charge in [-0.2, -0.15) is 0 Å². The molecule has 0 bridgehead atoms. The van der Waals surface area contributed by atoms with E-state index in [-0.39, 0.29) is 18.0 Å². The molecule has 78 valence electrons. The zero-order valence-electron chi connectivity index (χ0n) is 8.11. The molecule has 1 aromatic rings. The van der Waals surface area contributed by atoms with Gasteiger partial charge in [0.2, 0.25) is 0 Å². The van der Waals surface area contributed by atoms with Gasteiger partial charge in [-0.05, 0) is 18.4 Å². The van der Waals surface area contributed by atoms with Crippen molar-refractivity contribution in [1.82, 2.24) is 0 Å². The van der Waals surface area contributed by atoms with Crippen LogP contribution in [0.5, 0.6) is 0 Å². The van der Waals surface area contributed by atoms with Gasteiger partial charge in [-0.25, -0.2) is 0 Å². The maximum Gasteiger partial charge on any atom is 0.105 e. The van der Waals surface area contributed by atoms with E-state index in [1.54, 1.807) is 0 Å². The Morgan fingerprint density at radius 2 is 2.00 bits per heavy atom. The predicted molar refractivity (Wildman–Crippen MR) is 59.6 cm³/mol. The van der Waals surface area contributed by atoms with Crippen LogP contribution in [0.3, 0.4) is 0 Å². The van der Waals surface area contributed by atoms with E-state index in [1.165, 1.54) is 5.56 Å². The lowest BCUT2D eigenvalue weighted by Gasteiger charge is -2.26. The van der Waals surface area contributed by atoms with Crippen LogP contribution in [0.4, 0.5) is 0 Å². The van der Waals surface area contributed by atoms with Gasteiger partial charge in [0.25, 0.3) is 0 Å². The molecule has 0 amide bonds. The number of benzene rings is 1. The van der Waals surface area contributed by atoms with Crippen LogP contribution in [0.25, 0.3) is 0 Å². The van der Waals surface area contributed by atoms with Gasteiger partial charge >= 0.3 is 0 Å². The Morgan fingerprint density at radius 1 is 1.29 bits per heavy atom. The maximum absolute atomic E-state index is 5.78. The summed E-state index contributed by atoms with van der Waals surface area (Å²) >= 11 is 0. The molecule has 0 aromatic heterocycles. The monoisotopic (exact) mass is 213 g/mol. The first-order valence-electron chi connectivity index (χ1n) is 4.77. The molecule has 0 radical (unpaired) electrons. The largest absolute Gasteiger partial charge is 0.369 e. The van der Waals surface area contributed by atoms with Gasteiger partial charge in [-0.15, -0.1) is 12.4 Å². The van der Waals surface area contributed by atoms with Crippen molar-refractivity contribution in [1.29, 1.82) is 0 Å². The molecule has 0 spiro atoms. The third-order valence-electron chi connectivity index (χ3n) is 2.73. The van der Waals surface area contributed by atoms with Gasteiger partial charge < -0.3 is 10.5 Å². The minimum Gasteiger partial charge on any atom is -0.369 e. The molecule has 0 aliphatic carbocycles. The van der Waals surface area contributed by atoms with E-state index in [2.05, 4.69) is 12.1 Å². The molecule has 1 aliphatic rings. The van der Waals surface area contributed by atoms with Crippen molar-refractivity contribution in [2.45, 2.75) is 18.4 Å². The number of nitrogens with two attached hydrogens (primary N) is 1. The normalized spacial score (nSPS) is 25.8. The smallest absolute Gasteiger partial charge is 0.105 e. The van der Waals surface area contributed by atoms with E-state index in [1.807, 2.05) is 18.2 Å². The summed E-state index contributed by atoms with van der Waals surface area (Å²) in [4.78, 5) is 0. The van der Waals surface area contributed by atoms with Gasteiger partial charge in [-0.3, -0.25) is 0 Å². The minimum absolute atomic E-state index is 0. The summed E-state index contributed by atoms with van der Waals surface area (Å²) in [5.74, 6) is 0. The Balaban J connectivity index is 0.000000980. The zero-order valence-corrected chi connectivity index (χ0v) is 8.93. The third-order valence-corrected chi connectivity index (χ3v) is 2.73. The molecule has 1 aliphatic heterocycles. The van der Waals surface area contributed by atoms with Crippen molar-refractivity contribution in [2.75, 3.05) is 13.2 Å². The van der Waals surface area contributed by atoms with E-state index in [0.717, 1.165) is 19.4 Å². The number of hydrogen-bond acceptors (Lipinski definition) is 2. The summed E-state index contributed by atoms with van der Waals surface area (Å²) in [6.07, 6.45) is 2.17. The molecular weight excluding hydrogens is 198 g/mol. The number of halogens is 1. The average Bonchev–Trinajstić information content (AvgIpc) is 2.69. The van der Waals surface area contributed by atoms with Crippen molar-refractivity contribution < 1.29 is 4.74 Å². The molecule has 3 heteroatoms. The van der Waals surface area contributed by atoms with Crippen LogP contribution in [-0.4, -0.2) is 13.2 Å². The van der Waals surface area contributed by atoms with Gasteiger partial charge in [0.05, 0.1) is 0 Å². The lowest BCUT2D eigenvalue weighted by molar-refractivity contribution is 0.00800. The minimum atomic E-state index is -0.193. The lowest BCUT2D eigenvalue weighted by atomic mass is 9.91. The van der Waals surface area contributed by atoms with E-state index >= 15 is 0 Å². The highest BCUT2D eigenvalue weighted by atomic mass is 35.5. The first-order chi connectivity index (χ1) is 6.37. The Bertz CT molecular complexity index is 270. The molecule has 1 fully saturated rings. The lowest BCUT2D eigenvalue weighted by Crippen LogP contribution is -2.34. The molecule has 0 saturated carbocycles. The maximum atomic E-state index is 5.78. The summed E-state index contributed by atoms with van der Waals surface area (Å²) in [6, 6.07) is 10.3.